The number of carbonyl (C=O) groups excluding carboxylic acids is 2. The van der Waals surface area contributed by atoms with Crippen LogP contribution < -0.4 is 5.32 Å². The van der Waals surface area contributed by atoms with E-state index in [4.69, 9.17) is 4.42 Å². The predicted octanol–water partition coefficient (Wildman–Crippen LogP) is 2.80. The first kappa shape index (κ1) is 17.1. The van der Waals surface area contributed by atoms with E-state index in [-0.39, 0.29) is 24.5 Å². The molecule has 10 heteroatoms. The molecule has 0 saturated carbocycles. The number of nitrogens with zero attached hydrogens (tertiary/aromatic N) is 2. The second-order valence-electron chi connectivity index (χ2n) is 5.42. The second kappa shape index (κ2) is 6.63. The van der Waals surface area contributed by atoms with E-state index in [0.717, 1.165) is 6.07 Å². The lowest BCUT2D eigenvalue weighted by atomic mass is 9.98. The van der Waals surface area contributed by atoms with Gasteiger partial charge in [-0.25, -0.2) is 4.39 Å². The Morgan fingerprint density at radius 2 is 2.04 bits per heavy atom. The molecule has 1 N–H and O–H groups in total. The SMILES string of the molecule is O=C(Nc1ccc(Br)cc1F)C1CN(C(=O)c2ccc([N+](=O)[O-])o2)C1. The lowest BCUT2D eigenvalue weighted by Gasteiger charge is -2.37. The number of benzene rings is 1. The van der Waals surface area contributed by atoms with Crippen LogP contribution in [0.15, 0.2) is 39.2 Å². The van der Waals surface area contributed by atoms with Crippen LogP contribution in [0.5, 0.6) is 0 Å². The molecular weight excluding hydrogens is 401 g/mol. The number of halogens is 2. The third-order valence-corrected chi connectivity index (χ3v) is 4.20. The Morgan fingerprint density at radius 3 is 2.64 bits per heavy atom. The molecule has 1 saturated heterocycles. The first-order chi connectivity index (χ1) is 11.8. The molecule has 1 aliphatic rings. The number of hydrogen-bond donors (Lipinski definition) is 1. The van der Waals surface area contributed by atoms with Crippen LogP contribution in [0.25, 0.3) is 0 Å². The van der Waals surface area contributed by atoms with Gasteiger partial charge in [0, 0.05) is 17.6 Å². The highest BCUT2D eigenvalue weighted by molar-refractivity contribution is 9.10. The quantitative estimate of drug-likeness (QED) is 0.614. The molecule has 3 rings (SSSR count). The van der Waals surface area contributed by atoms with Crippen molar-refractivity contribution in [2.75, 3.05) is 18.4 Å². The number of nitrogens with one attached hydrogen (secondary N) is 1. The lowest BCUT2D eigenvalue weighted by Crippen LogP contribution is -2.54. The highest BCUT2D eigenvalue weighted by atomic mass is 79.9. The Labute approximate surface area is 148 Å². The number of hydrogen-bond acceptors (Lipinski definition) is 5. The molecule has 0 bridgehead atoms. The predicted molar refractivity (Wildman–Crippen MR) is 87.5 cm³/mol. The van der Waals surface area contributed by atoms with Crippen molar-refractivity contribution in [2.45, 2.75) is 0 Å². The van der Waals surface area contributed by atoms with E-state index in [9.17, 15) is 24.1 Å². The summed E-state index contributed by atoms with van der Waals surface area (Å²) < 4.78 is 19.1. The maximum absolute atomic E-state index is 13.7. The fourth-order valence-electron chi connectivity index (χ4n) is 2.33. The smallest absolute Gasteiger partial charge is 0.395 e. The van der Waals surface area contributed by atoms with Crippen LogP contribution in [0, 0.1) is 21.8 Å². The van der Waals surface area contributed by atoms with Crippen LogP contribution in [0.1, 0.15) is 10.6 Å². The summed E-state index contributed by atoms with van der Waals surface area (Å²) in [6.45, 7) is 0.245. The Balaban J connectivity index is 1.57. The summed E-state index contributed by atoms with van der Waals surface area (Å²) in [5, 5.41) is 13.0. The Kier molecular flexibility index (Phi) is 4.53. The zero-order valence-corrected chi connectivity index (χ0v) is 14.2. The lowest BCUT2D eigenvalue weighted by molar-refractivity contribution is -0.402. The van der Waals surface area contributed by atoms with E-state index in [1.807, 2.05) is 0 Å². The van der Waals surface area contributed by atoms with E-state index in [2.05, 4.69) is 21.2 Å². The van der Waals surface area contributed by atoms with Crippen LogP contribution in [0.3, 0.4) is 0 Å². The molecule has 1 aliphatic heterocycles. The summed E-state index contributed by atoms with van der Waals surface area (Å²) in [4.78, 5) is 35.3. The van der Waals surface area contributed by atoms with Gasteiger partial charge in [0.05, 0.1) is 17.7 Å². The number of likely N-dealkylation sites (tertiary alicyclic amines) is 1. The molecule has 0 unspecified atom stereocenters. The second-order valence-corrected chi connectivity index (χ2v) is 6.33. The molecule has 2 heterocycles. The molecule has 1 aromatic carbocycles. The normalized spacial score (nSPS) is 14.1. The van der Waals surface area contributed by atoms with E-state index in [1.54, 1.807) is 6.07 Å². The zero-order valence-electron chi connectivity index (χ0n) is 12.6. The summed E-state index contributed by atoms with van der Waals surface area (Å²) in [6.07, 6.45) is 0. The average molecular weight is 412 g/mol. The van der Waals surface area contributed by atoms with Crippen molar-refractivity contribution in [3.05, 3.63) is 56.5 Å². The van der Waals surface area contributed by atoms with Gasteiger partial charge in [0.15, 0.2) is 5.76 Å². The van der Waals surface area contributed by atoms with Crippen molar-refractivity contribution in [2.24, 2.45) is 5.92 Å². The summed E-state index contributed by atoms with van der Waals surface area (Å²) in [5.74, 6) is -2.69. The number of anilines is 1. The van der Waals surface area contributed by atoms with Crippen molar-refractivity contribution < 1.29 is 23.3 Å². The highest BCUT2D eigenvalue weighted by Crippen LogP contribution is 2.25. The summed E-state index contributed by atoms with van der Waals surface area (Å²) >= 11 is 3.13. The van der Waals surface area contributed by atoms with Gasteiger partial charge in [0.2, 0.25) is 5.91 Å². The van der Waals surface area contributed by atoms with Gasteiger partial charge in [0.1, 0.15) is 10.7 Å². The molecule has 0 radical (unpaired) electrons. The number of amides is 2. The molecule has 1 fully saturated rings. The molecule has 0 spiro atoms. The van der Waals surface area contributed by atoms with Gasteiger partial charge >= 0.3 is 5.88 Å². The molecule has 8 nitrogen and oxygen atoms in total. The molecule has 130 valence electrons. The zero-order chi connectivity index (χ0) is 18.1. The maximum Gasteiger partial charge on any atom is 0.433 e. The van der Waals surface area contributed by atoms with Gasteiger partial charge in [-0.05, 0) is 24.3 Å². The molecule has 2 amide bonds. The van der Waals surface area contributed by atoms with Crippen LogP contribution >= 0.6 is 15.9 Å². The van der Waals surface area contributed by atoms with Crippen molar-refractivity contribution >= 4 is 39.3 Å². The van der Waals surface area contributed by atoms with Gasteiger partial charge in [0.25, 0.3) is 5.91 Å². The van der Waals surface area contributed by atoms with Gasteiger partial charge in [-0.3, -0.25) is 19.7 Å². The van der Waals surface area contributed by atoms with E-state index >= 15 is 0 Å². The van der Waals surface area contributed by atoms with Crippen LogP contribution in [0.4, 0.5) is 16.0 Å². The fourth-order valence-corrected chi connectivity index (χ4v) is 2.67. The number of rotatable bonds is 4. The Bertz CT molecular complexity index is 863. The minimum absolute atomic E-state index is 0.0552. The van der Waals surface area contributed by atoms with Crippen molar-refractivity contribution in [3.63, 3.8) is 0 Å². The number of furan rings is 1. The van der Waals surface area contributed by atoms with Crippen molar-refractivity contribution in [1.29, 1.82) is 0 Å². The van der Waals surface area contributed by atoms with Gasteiger partial charge in [-0.1, -0.05) is 15.9 Å². The summed E-state index contributed by atoms with van der Waals surface area (Å²) in [7, 11) is 0. The maximum atomic E-state index is 13.7. The third kappa shape index (κ3) is 3.53. The first-order valence-electron chi connectivity index (χ1n) is 7.14. The van der Waals surface area contributed by atoms with Crippen LogP contribution in [-0.2, 0) is 4.79 Å². The first-order valence-corrected chi connectivity index (χ1v) is 7.94. The molecule has 1 aromatic heterocycles. The topological polar surface area (TPSA) is 106 Å². The van der Waals surface area contributed by atoms with E-state index < -0.39 is 34.4 Å². The number of nitro groups is 1. The van der Waals surface area contributed by atoms with Gasteiger partial charge in [-0.15, -0.1) is 0 Å². The largest absolute Gasteiger partial charge is 0.433 e. The van der Waals surface area contributed by atoms with E-state index in [1.165, 1.54) is 23.1 Å². The van der Waals surface area contributed by atoms with Crippen LogP contribution in [0.2, 0.25) is 0 Å². The standard InChI is InChI=1S/C15H11BrFN3O5/c16-9-1-2-11(10(17)5-9)18-14(21)8-6-19(7-8)15(22)12-3-4-13(25-12)20(23)24/h1-5,8H,6-7H2,(H,18,21). The van der Waals surface area contributed by atoms with Gasteiger partial charge < -0.3 is 14.6 Å². The third-order valence-electron chi connectivity index (χ3n) is 3.71. The van der Waals surface area contributed by atoms with Gasteiger partial charge in [-0.2, -0.15) is 0 Å². The molecule has 0 aliphatic carbocycles. The molecule has 2 aromatic rings. The van der Waals surface area contributed by atoms with Crippen molar-refractivity contribution in [3.8, 4) is 0 Å². The number of carbonyl (C=O) groups is 2. The minimum atomic E-state index is -0.740. The molecule has 25 heavy (non-hydrogen) atoms. The average Bonchev–Trinajstić information content (AvgIpc) is 2.98. The fraction of sp³-hybridized carbons (Fsp3) is 0.200. The Morgan fingerprint density at radius 1 is 1.32 bits per heavy atom. The molecule has 0 atom stereocenters. The summed E-state index contributed by atoms with van der Waals surface area (Å²) in [6, 6.07) is 6.56. The monoisotopic (exact) mass is 411 g/mol. The van der Waals surface area contributed by atoms with E-state index in [0.29, 0.717) is 4.47 Å². The summed E-state index contributed by atoms with van der Waals surface area (Å²) in [5.41, 5.74) is 0.0552. The van der Waals surface area contributed by atoms with Crippen LogP contribution in [-0.4, -0.2) is 34.7 Å². The van der Waals surface area contributed by atoms with Crippen molar-refractivity contribution in [1.82, 2.24) is 4.90 Å². The highest BCUT2D eigenvalue weighted by Gasteiger charge is 2.37. The molecular formula is C15H11BrFN3O5. The minimum Gasteiger partial charge on any atom is -0.395 e. The Hall–Kier alpha value is -2.75.